The Hall–Kier alpha value is -1.88. The van der Waals surface area contributed by atoms with Crippen molar-refractivity contribution >= 4 is 11.9 Å². The van der Waals surface area contributed by atoms with Crippen molar-refractivity contribution in [1.82, 2.24) is 9.80 Å². The maximum atomic E-state index is 12.7. The van der Waals surface area contributed by atoms with E-state index >= 15 is 0 Å². The van der Waals surface area contributed by atoms with E-state index in [9.17, 15) is 14.7 Å². The molecule has 1 heterocycles. The molecule has 1 aromatic carbocycles. The first-order chi connectivity index (χ1) is 12.0. The van der Waals surface area contributed by atoms with Crippen LogP contribution in [0.25, 0.3) is 0 Å². The number of carbonyl (C=O) groups excluding carboxylic acids is 1. The second-order valence-corrected chi connectivity index (χ2v) is 7.45. The molecule has 1 aliphatic heterocycles. The predicted octanol–water partition coefficient (Wildman–Crippen LogP) is 2.91. The highest BCUT2D eigenvalue weighted by Gasteiger charge is 2.36. The Morgan fingerprint density at radius 3 is 2.48 bits per heavy atom. The number of piperazine rings is 1. The van der Waals surface area contributed by atoms with Gasteiger partial charge in [-0.15, -0.1) is 0 Å². The number of hydrogen-bond donors (Lipinski definition) is 1. The summed E-state index contributed by atoms with van der Waals surface area (Å²) in [6.07, 6.45) is 5.83. The van der Waals surface area contributed by atoms with Crippen LogP contribution in [0.3, 0.4) is 0 Å². The van der Waals surface area contributed by atoms with Gasteiger partial charge in [0, 0.05) is 19.1 Å². The van der Waals surface area contributed by atoms with Gasteiger partial charge in [-0.25, -0.2) is 0 Å². The Morgan fingerprint density at radius 1 is 1.16 bits per heavy atom. The standard InChI is InChI=1S/C20H28N2O3/c1-14-8-9-17(15(2)12-14)19(20(24)25)21-10-11-22(18(23)13-21)16-6-4-3-5-7-16/h8-9,12,16,19H,3-7,10-11,13H2,1-2H3,(H,24,25). The number of nitrogens with zero attached hydrogens (tertiary/aromatic N) is 2. The Balaban J connectivity index is 1.76. The number of carboxylic acid groups (broad SMARTS) is 1. The molecule has 5 heteroatoms. The molecule has 1 atom stereocenters. The average Bonchev–Trinajstić information content (AvgIpc) is 2.58. The molecule has 3 rings (SSSR count). The summed E-state index contributed by atoms with van der Waals surface area (Å²) in [5, 5.41) is 9.81. The normalized spacial score (nSPS) is 21.4. The first kappa shape index (κ1) is 17.9. The Kier molecular flexibility index (Phi) is 5.42. The maximum absolute atomic E-state index is 12.7. The highest BCUT2D eigenvalue weighted by molar-refractivity contribution is 5.82. The lowest BCUT2D eigenvalue weighted by atomic mass is 9.93. The van der Waals surface area contributed by atoms with Gasteiger partial charge in [0.05, 0.1) is 6.54 Å². The summed E-state index contributed by atoms with van der Waals surface area (Å²) < 4.78 is 0. The summed E-state index contributed by atoms with van der Waals surface area (Å²) in [7, 11) is 0. The minimum absolute atomic E-state index is 0.0779. The highest BCUT2D eigenvalue weighted by atomic mass is 16.4. The zero-order valence-corrected chi connectivity index (χ0v) is 15.2. The van der Waals surface area contributed by atoms with Gasteiger partial charge in [0.1, 0.15) is 6.04 Å². The molecule has 0 spiro atoms. The molecule has 1 saturated carbocycles. The molecule has 1 aromatic rings. The molecule has 2 aliphatic rings. The molecule has 0 radical (unpaired) electrons. The number of aliphatic carboxylic acids is 1. The van der Waals surface area contributed by atoms with Crippen LogP contribution in [0.5, 0.6) is 0 Å². The van der Waals surface area contributed by atoms with Gasteiger partial charge >= 0.3 is 5.97 Å². The third kappa shape index (κ3) is 3.87. The maximum Gasteiger partial charge on any atom is 0.325 e. The summed E-state index contributed by atoms with van der Waals surface area (Å²) in [6.45, 7) is 5.39. The fraction of sp³-hybridized carbons (Fsp3) is 0.600. The SMILES string of the molecule is Cc1ccc(C(C(=O)O)N2CCN(C3CCCCC3)C(=O)C2)c(C)c1. The predicted molar refractivity (Wildman–Crippen MR) is 96.5 cm³/mol. The van der Waals surface area contributed by atoms with Crippen molar-refractivity contribution in [2.45, 2.75) is 58.0 Å². The van der Waals surface area contributed by atoms with Crippen LogP contribution in [0.4, 0.5) is 0 Å². The molecular formula is C20H28N2O3. The molecule has 0 aromatic heterocycles. The van der Waals surface area contributed by atoms with Crippen LogP contribution >= 0.6 is 0 Å². The molecule has 1 aliphatic carbocycles. The van der Waals surface area contributed by atoms with E-state index in [0.29, 0.717) is 19.1 Å². The van der Waals surface area contributed by atoms with Gasteiger partial charge in [-0.2, -0.15) is 0 Å². The van der Waals surface area contributed by atoms with Gasteiger partial charge < -0.3 is 10.0 Å². The number of benzene rings is 1. The van der Waals surface area contributed by atoms with Crippen LogP contribution in [0.2, 0.25) is 0 Å². The summed E-state index contributed by atoms with van der Waals surface area (Å²) >= 11 is 0. The van der Waals surface area contributed by atoms with Crippen molar-refractivity contribution in [3.8, 4) is 0 Å². The summed E-state index contributed by atoms with van der Waals surface area (Å²) in [5.41, 5.74) is 2.87. The molecular weight excluding hydrogens is 316 g/mol. The molecule has 136 valence electrons. The van der Waals surface area contributed by atoms with Crippen LogP contribution in [0.1, 0.15) is 54.8 Å². The summed E-state index contributed by atoms with van der Waals surface area (Å²) in [6, 6.07) is 5.44. The second-order valence-electron chi connectivity index (χ2n) is 7.45. The van der Waals surface area contributed by atoms with E-state index in [0.717, 1.165) is 29.5 Å². The van der Waals surface area contributed by atoms with E-state index in [1.165, 1.54) is 19.3 Å². The van der Waals surface area contributed by atoms with Crippen molar-refractivity contribution in [1.29, 1.82) is 0 Å². The Morgan fingerprint density at radius 2 is 1.88 bits per heavy atom. The van der Waals surface area contributed by atoms with Crippen LogP contribution in [0, 0.1) is 13.8 Å². The fourth-order valence-corrected chi connectivity index (χ4v) is 4.32. The zero-order chi connectivity index (χ0) is 18.0. The van der Waals surface area contributed by atoms with Gasteiger partial charge in [-0.1, -0.05) is 43.0 Å². The van der Waals surface area contributed by atoms with E-state index in [1.54, 1.807) is 0 Å². The molecule has 25 heavy (non-hydrogen) atoms. The van der Waals surface area contributed by atoms with Crippen molar-refractivity contribution in [3.63, 3.8) is 0 Å². The number of hydrogen-bond acceptors (Lipinski definition) is 3. The van der Waals surface area contributed by atoms with E-state index in [2.05, 4.69) is 0 Å². The minimum Gasteiger partial charge on any atom is -0.480 e. The monoisotopic (exact) mass is 344 g/mol. The van der Waals surface area contributed by atoms with Gasteiger partial charge in [-0.05, 0) is 37.8 Å². The third-order valence-corrected chi connectivity index (χ3v) is 5.62. The van der Waals surface area contributed by atoms with Crippen LogP contribution < -0.4 is 0 Å². The molecule has 5 nitrogen and oxygen atoms in total. The van der Waals surface area contributed by atoms with Crippen LogP contribution in [0.15, 0.2) is 18.2 Å². The summed E-state index contributed by atoms with van der Waals surface area (Å²) in [5.74, 6) is -0.806. The highest BCUT2D eigenvalue weighted by Crippen LogP contribution is 2.29. The van der Waals surface area contributed by atoms with Crippen molar-refractivity contribution < 1.29 is 14.7 Å². The van der Waals surface area contributed by atoms with Crippen molar-refractivity contribution in [2.75, 3.05) is 19.6 Å². The Bertz CT molecular complexity index is 652. The van der Waals surface area contributed by atoms with E-state index in [-0.39, 0.29) is 12.5 Å². The number of amides is 1. The molecule has 1 saturated heterocycles. The number of carboxylic acids is 1. The lowest BCUT2D eigenvalue weighted by molar-refractivity contribution is -0.149. The average molecular weight is 344 g/mol. The van der Waals surface area contributed by atoms with E-state index in [1.807, 2.05) is 41.8 Å². The quantitative estimate of drug-likeness (QED) is 0.912. The minimum atomic E-state index is -0.883. The second kappa shape index (κ2) is 7.56. The summed E-state index contributed by atoms with van der Waals surface area (Å²) in [4.78, 5) is 28.5. The largest absolute Gasteiger partial charge is 0.480 e. The lowest BCUT2D eigenvalue weighted by Gasteiger charge is -2.42. The lowest BCUT2D eigenvalue weighted by Crippen LogP contribution is -2.55. The van der Waals surface area contributed by atoms with Crippen molar-refractivity contribution in [2.24, 2.45) is 0 Å². The molecule has 1 amide bonds. The fourth-order valence-electron chi connectivity index (χ4n) is 4.32. The zero-order valence-electron chi connectivity index (χ0n) is 15.2. The molecule has 2 fully saturated rings. The Labute approximate surface area is 149 Å². The van der Waals surface area contributed by atoms with Crippen LogP contribution in [-0.4, -0.2) is 52.5 Å². The first-order valence-corrected chi connectivity index (χ1v) is 9.31. The van der Waals surface area contributed by atoms with E-state index < -0.39 is 12.0 Å². The first-order valence-electron chi connectivity index (χ1n) is 9.31. The van der Waals surface area contributed by atoms with Gasteiger partial charge in [0.15, 0.2) is 0 Å². The molecule has 0 bridgehead atoms. The van der Waals surface area contributed by atoms with Crippen LogP contribution in [-0.2, 0) is 9.59 Å². The third-order valence-electron chi connectivity index (χ3n) is 5.62. The number of carbonyl (C=O) groups is 2. The topological polar surface area (TPSA) is 60.9 Å². The van der Waals surface area contributed by atoms with E-state index in [4.69, 9.17) is 0 Å². The smallest absolute Gasteiger partial charge is 0.325 e. The van der Waals surface area contributed by atoms with Gasteiger partial charge in [0.2, 0.25) is 5.91 Å². The van der Waals surface area contributed by atoms with Gasteiger partial charge in [0.25, 0.3) is 0 Å². The van der Waals surface area contributed by atoms with Crippen molar-refractivity contribution in [3.05, 3.63) is 34.9 Å². The number of rotatable bonds is 4. The number of aryl methyl sites for hydroxylation is 2. The molecule has 1 unspecified atom stereocenters. The molecule has 1 N–H and O–H groups in total. The van der Waals surface area contributed by atoms with Gasteiger partial charge in [-0.3, -0.25) is 14.5 Å².